The van der Waals surface area contributed by atoms with E-state index in [-0.39, 0.29) is 6.61 Å². The minimum atomic E-state index is -0.694. The molecule has 0 spiro atoms. The third-order valence-corrected chi connectivity index (χ3v) is 4.60. The van der Waals surface area contributed by atoms with Crippen LogP contribution < -0.4 is 25.5 Å². The van der Waals surface area contributed by atoms with Crippen molar-refractivity contribution in [2.45, 2.75) is 45.8 Å². The maximum atomic E-state index is 12.4. The number of alkyl carbamates (subject to hydrolysis) is 1. The summed E-state index contributed by atoms with van der Waals surface area (Å²) in [7, 11) is 1.59. The molecule has 1 aliphatic heterocycles. The van der Waals surface area contributed by atoms with E-state index in [1.54, 1.807) is 40.9 Å². The Balaban J connectivity index is 1.82. The lowest BCUT2D eigenvalue weighted by Gasteiger charge is -2.29. The van der Waals surface area contributed by atoms with Gasteiger partial charge in [0.15, 0.2) is 0 Å². The number of nitrogens with one attached hydrogen (secondary N) is 3. The van der Waals surface area contributed by atoms with Crippen LogP contribution in [0.2, 0.25) is 0 Å². The van der Waals surface area contributed by atoms with E-state index in [1.165, 1.54) is 0 Å². The number of benzene rings is 2. The van der Waals surface area contributed by atoms with Crippen molar-refractivity contribution in [3.8, 4) is 17.2 Å². The van der Waals surface area contributed by atoms with E-state index in [2.05, 4.69) is 21.2 Å². The zero-order valence-electron chi connectivity index (χ0n) is 19.9. The molecule has 3 N–H and O–H groups in total. The molecule has 2 aromatic carbocycles. The molecule has 10 heteroatoms. The van der Waals surface area contributed by atoms with Crippen molar-refractivity contribution in [2.24, 2.45) is 5.10 Å². The summed E-state index contributed by atoms with van der Waals surface area (Å²) in [5, 5.41) is 10.1. The second-order valence-electron chi connectivity index (χ2n) is 8.46. The normalized spacial score (nSPS) is 16.0. The van der Waals surface area contributed by atoms with Gasteiger partial charge in [0.1, 0.15) is 28.7 Å². The van der Waals surface area contributed by atoms with Crippen molar-refractivity contribution in [2.75, 3.05) is 19.0 Å². The molecule has 0 aromatic heterocycles. The van der Waals surface area contributed by atoms with Crippen molar-refractivity contribution in [1.82, 2.24) is 10.7 Å². The number of ether oxygens (including phenoxy) is 4. The third kappa shape index (κ3) is 7.03. The molecule has 0 bridgehead atoms. The van der Waals surface area contributed by atoms with Crippen molar-refractivity contribution in [1.29, 1.82) is 0 Å². The van der Waals surface area contributed by atoms with E-state index in [4.69, 9.17) is 18.9 Å². The first-order valence-electron chi connectivity index (χ1n) is 10.9. The Hall–Kier alpha value is -3.95. The fourth-order valence-electron chi connectivity index (χ4n) is 3.21. The van der Waals surface area contributed by atoms with Gasteiger partial charge in [-0.3, -0.25) is 0 Å². The highest BCUT2D eigenvalue weighted by atomic mass is 16.6. The second kappa shape index (κ2) is 10.8. The number of carbonyl (C=O) groups excluding carboxylic acids is 2. The van der Waals surface area contributed by atoms with Crippen LogP contribution in [0.15, 0.2) is 47.6 Å². The van der Waals surface area contributed by atoms with Gasteiger partial charge in [-0.15, -0.1) is 0 Å². The Bertz CT molecular complexity index is 1060. The molecular weight excluding hydrogens is 440 g/mol. The number of hydrazone groups is 1. The molecule has 0 saturated carbocycles. The largest absolute Gasteiger partial charge is 0.497 e. The molecule has 2 amide bonds. The molecule has 10 nitrogen and oxygen atoms in total. The summed E-state index contributed by atoms with van der Waals surface area (Å²) in [6, 6.07) is 12.2. The summed E-state index contributed by atoms with van der Waals surface area (Å²) in [5.41, 5.74) is 3.32. The van der Waals surface area contributed by atoms with E-state index in [9.17, 15) is 9.59 Å². The number of amidine groups is 1. The first-order valence-corrected chi connectivity index (χ1v) is 10.9. The highest BCUT2D eigenvalue weighted by Crippen LogP contribution is 2.31. The summed E-state index contributed by atoms with van der Waals surface area (Å²) >= 11 is 0. The molecule has 0 saturated heterocycles. The number of nitrogens with zero attached hydrogens (tertiary/aromatic N) is 1. The number of carbonyl (C=O) groups is 2. The standard InChI is InChI=1S/C24H30N4O6/c1-6-32-23(30)28-27-21-20(26-22(29)34-24(2,3)4)13-15-12-18(10-11-19(15)25-21)33-17-9-7-8-16(14-17)31-5/h7-12,14,20H,6,13H2,1-5H3,(H,25,27)(H,26,29)(H,28,30). The maximum Gasteiger partial charge on any atom is 0.427 e. The smallest absolute Gasteiger partial charge is 0.427 e. The minimum absolute atomic E-state index is 0.211. The van der Waals surface area contributed by atoms with Crippen LogP contribution in [0.1, 0.15) is 33.3 Å². The fourth-order valence-corrected chi connectivity index (χ4v) is 3.21. The van der Waals surface area contributed by atoms with Crippen LogP contribution in [0, 0.1) is 0 Å². The highest BCUT2D eigenvalue weighted by Gasteiger charge is 2.29. The van der Waals surface area contributed by atoms with E-state index >= 15 is 0 Å². The van der Waals surface area contributed by atoms with Gasteiger partial charge >= 0.3 is 12.2 Å². The predicted octanol–water partition coefficient (Wildman–Crippen LogP) is 4.41. The van der Waals surface area contributed by atoms with Gasteiger partial charge in [0.25, 0.3) is 0 Å². The molecule has 1 atom stereocenters. The lowest BCUT2D eigenvalue weighted by Crippen LogP contribution is -2.49. The SMILES string of the molecule is CCOC(=O)N/N=C1\Nc2ccc(Oc3cccc(OC)c3)cc2CC1NC(=O)OC(C)(C)C. The summed E-state index contributed by atoms with van der Waals surface area (Å²) in [6.07, 6.45) is -0.906. The van der Waals surface area contributed by atoms with Gasteiger partial charge in [0, 0.05) is 18.2 Å². The average molecular weight is 471 g/mol. The molecule has 34 heavy (non-hydrogen) atoms. The summed E-state index contributed by atoms with van der Waals surface area (Å²) in [5.74, 6) is 2.28. The van der Waals surface area contributed by atoms with Gasteiger partial charge in [0.05, 0.1) is 19.8 Å². The quantitative estimate of drug-likeness (QED) is 0.535. The number of fused-ring (bicyclic) bond motifs is 1. The molecule has 2 aromatic rings. The lowest BCUT2D eigenvalue weighted by molar-refractivity contribution is 0.0517. The van der Waals surface area contributed by atoms with Crippen LogP contribution in [-0.2, 0) is 15.9 Å². The van der Waals surface area contributed by atoms with Crippen LogP contribution in [-0.4, -0.2) is 43.4 Å². The fraction of sp³-hybridized carbons (Fsp3) is 0.375. The molecule has 1 heterocycles. The molecule has 0 fully saturated rings. The Morgan fingerprint density at radius 2 is 1.82 bits per heavy atom. The monoisotopic (exact) mass is 470 g/mol. The lowest BCUT2D eigenvalue weighted by atomic mass is 9.98. The predicted molar refractivity (Wildman–Crippen MR) is 128 cm³/mol. The Morgan fingerprint density at radius 3 is 2.53 bits per heavy atom. The Labute approximate surface area is 198 Å². The molecular formula is C24H30N4O6. The number of hydrogen-bond donors (Lipinski definition) is 3. The van der Waals surface area contributed by atoms with Gasteiger partial charge in [0.2, 0.25) is 0 Å². The average Bonchev–Trinajstić information content (AvgIpc) is 2.76. The van der Waals surface area contributed by atoms with Gasteiger partial charge < -0.3 is 29.6 Å². The Kier molecular flexibility index (Phi) is 7.83. The van der Waals surface area contributed by atoms with Crippen LogP contribution in [0.5, 0.6) is 17.2 Å². The summed E-state index contributed by atoms with van der Waals surface area (Å²) in [4.78, 5) is 24.1. The zero-order chi connectivity index (χ0) is 24.7. The molecule has 0 radical (unpaired) electrons. The first kappa shape index (κ1) is 24.7. The van der Waals surface area contributed by atoms with Crippen LogP contribution >= 0.6 is 0 Å². The van der Waals surface area contributed by atoms with E-state index in [1.807, 2.05) is 36.4 Å². The van der Waals surface area contributed by atoms with Crippen molar-refractivity contribution in [3.63, 3.8) is 0 Å². The number of hydrogen-bond acceptors (Lipinski definition) is 7. The van der Waals surface area contributed by atoms with Gasteiger partial charge in [-0.1, -0.05) is 6.07 Å². The van der Waals surface area contributed by atoms with Crippen molar-refractivity contribution in [3.05, 3.63) is 48.0 Å². The number of amides is 2. The van der Waals surface area contributed by atoms with Crippen molar-refractivity contribution >= 4 is 23.7 Å². The van der Waals surface area contributed by atoms with Crippen LogP contribution in [0.4, 0.5) is 15.3 Å². The molecule has 182 valence electrons. The number of rotatable bonds is 6. The van der Waals surface area contributed by atoms with Crippen LogP contribution in [0.3, 0.4) is 0 Å². The van der Waals surface area contributed by atoms with E-state index in [0.29, 0.717) is 29.5 Å². The van der Waals surface area contributed by atoms with Gasteiger partial charge in [-0.25, -0.2) is 15.0 Å². The molecule has 0 aliphatic carbocycles. The summed E-state index contributed by atoms with van der Waals surface area (Å²) < 4.78 is 21.5. The number of methoxy groups -OCH3 is 1. The van der Waals surface area contributed by atoms with Crippen molar-refractivity contribution < 1.29 is 28.5 Å². The van der Waals surface area contributed by atoms with Gasteiger partial charge in [-0.05, 0) is 63.6 Å². The topological polar surface area (TPSA) is 120 Å². The second-order valence-corrected chi connectivity index (χ2v) is 8.46. The van der Waals surface area contributed by atoms with E-state index in [0.717, 1.165) is 11.3 Å². The first-order chi connectivity index (χ1) is 16.2. The highest BCUT2D eigenvalue weighted by molar-refractivity contribution is 6.03. The molecule has 3 rings (SSSR count). The summed E-state index contributed by atoms with van der Waals surface area (Å²) in [6.45, 7) is 7.24. The molecule has 1 unspecified atom stereocenters. The van der Waals surface area contributed by atoms with Crippen LogP contribution in [0.25, 0.3) is 0 Å². The third-order valence-electron chi connectivity index (χ3n) is 4.60. The zero-order valence-corrected chi connectivity index (χ0v) is 19.9. The maximum absolute atomic E-state index is 12.4. The number of anilines is 1. The van der Waals surface area contributed by atoms with E-state index < -0.39 is 23.8 Å². The molecule has 1 aliphatic rings. The van der Waals surface area contributed by atoms with Gasteiger partial charge in [-0.2, -0.15) is 5.10 Å². The Morgan fingerprint density at radius 1 is 1.09 bits per heavy atom. The minimum Gasteiger partial charge on any atom is -0.497 e.